The van der Waals surface area contributed by atoms with Gasteiger partial charge in [-0.3, -0.25) is 9.59 Å². The van der Waals surface area contributed by atoms with Crippen molar-refractivity contribution >= 4 is 11.9 Å². The van der Waals surface area contributed by atoms with Gasteiger partial charge in [0.25, 0.3) is 0 Å². The van der Waals surface area contributed by atoms with Crippen LogP contribution in [-0.2, 0) is 9.59 Å². The molecule has 2 fully saturated rings. The fourth-order valence-electron chi connectivity index (χ4n) is 3.15. The number of nitrogens with zero attached hydrogens (tertiary/aromatic N) is 1. The molecule has 5 nitrogen and oxygen atoms in total. The van der Waals surface area contributed by atoms with Crippen LogP contribution >= 0.6 is 0 Å². The molecule has 1 atom stereocenters. The molecular formula is C14H24N2O3. The van der Waals surface area contributed by atoms with Gasteiger partial charge < -0.3 is 15.3 Å². The summed E-state index contributed by atoms with van der Waals surface area (Å²) in [6, 6.07) is 0. The average molecular weight is 268 g/mol. The summed E-state index contributed by atoms with van der Waals surface area (Å²) in [6.45, 7) is 2.57. The lowest BCUT2D eigenvalue weighted by Gasteiger charge is -2.26. The van der Waals surface area contributed by atoms with E-state index >= 15 is 0 Å². The highest BCUT2D eigenvalue weighted by molar-refractivity contribution is 5.79. The average Bonchev–Trinajstić information content (AvgIpc) is 2.83. The van der Waals surface area contributed by atoms with Crippen LogP contribution in [0.25, 0.3) is 0 Å². The van der Waals surface area contributed by atoms with Crippen LogP contribution in [-0.4, -0.2) is 48.6 Å². The Bertz CT molecular complexity index is 338. The molecule has 19 heavy (non-hydrogen) atoms. The molecule has 0 bridgehead atoms. The first-order valence-corrected chi connectivity index (χ1v) is 7.25. The number of likely N-dealkylation sites (tertiary alicyclic amines) is 1. The van der Waals surface area contributed by atoms with Crippen molar-refractivity contribution < 1.29 is 14.7 Å². The molecule has 0 aromatic heterocycles. The summed E-state index contributed by atoms with van der Waals surface area (Å²) < 4.78 is 0. The van der Waals surface area contributed by atoms with Gasteiger partial charge in [-0.05, 0) is 51.6 Å². The van der Waals surface area contributed by atoms with Gasteiger partial charge in [0, 0.05) is 13.1 Å². The van der Waals surface area contributed by atoms with E-state index in [0.717, 1.165) is 45.2 Å². The molecular weight excluding hydrogens is 244 g/mol. The number of hydrogen-bond acceptors (Lipinski definition) is 3. The molecule has 1 aliphatic heterocycles. The van der Waals surface area contributed by atoms with E-state index in [9.17, 15) is 9.59 Å². The number of carbonyl (C=O) groups is 2. The Kier molecular flexibility index (Phi) is 4.80. The molecule has 1 heterocycles. The zero-order valence-electron chi connectivity index (χ0n) is 11.6. The van der Waals surface area contributed by atoms with Crippen molar-refractivity contribution in [1.82, 2.24) is 10.2 Å². The summed E-state index contributed by atoms with van der Waals surface area (Å²) in [5, 5.41) is 12.0. The van der Waals surface area contributed by atoms with Gasteiger partial charge in [0.05, 0.1) is 11.8 Å². The van der Waals surface area contributed by atoms with Gasteiger partial charge in [0.15, 0.2) is 0 Å². The third-order valence-electron chi connectivity index (χ3n) is 4.52. The predicted octanol–water partition coefficient (Wildman–Crippen LogP) is 0.945. The molecule has 2 N–H and O–H groups in total. The number of carboxylic acid groups (broad SMARTS) is 1. The minimum absolute atomic E-state index is 0.139. The summed E-state index contributed by atoms with van der Waals surface area (Å²) in [5.74, 6) is -0.0735. The van der Waals surface area contributed by atoms with E-state index in [2.05, 4.69) is 10.2 Å². The van der Waals surface area contributed by atoms with Crippen LogP contribution in [0, 0.1) is 17.8 Å². The van der Waals surface area contributed by atoms with Crippen molar-refractivity contribution in [1.29, 1.82) is 0 Å². The molecule has 1 saturated heterocycles. The molecule has 1 unspecified atom stereocenters. The zero-order valence-corrected chi connectivity index (χ0v) is 11.6. The van der Waals surface area contributed by atoms with Crippen LogP contribution in [0.4, 0.5) is 0 Å². The van der Waals surface area contributed by atoms with E-state index in [0.29, 0.717) is 12.5 Å². The van der Waals surface area contributed by atoms with Gasteiger partial charge in [-0.1, -0.05) is 0 Å². The first kappa shape index (κ1) is 14.3. The minimum atomic E-state index is -0.670. The lowest BCUT2D eigenvalue weighted by atomic mass is 9.82. The molecule has 0 spiro atoms. The Hall–Kier alpha value is -1.10. The molecule has 5 heteroatoms. The lowest BCUT2D eigenvalue weighted by Crippen LogP contribution is -2.36. The SMILES string of the molecule is CN1CCC(C(=O)NCC2CCC(C(=O)O)CC2)C1. The molecule has 2 rings (SSSR count). The molecule has 108 valence electrons. The monoisotopic (exact) mass is 268 g/mol. The molecule has 1 saturated carbocycles. The number of hydrogen-bond donors (Lipinski definition) is 2. The van der Waals surface area contributed by atoms with E-state index < -0.39 is 5.97 Å². The van der Waals surface area contributed by atoms with E-state index in [1.54, 1.807) is 0 Å². The molecule has 1 aliphatic carbocycles. The fourth-order valence-corrected chi connectivity index (χ4v) is 3.15. The fraction of sp³-hybridized carbons (Fsp3) is 0.857. The van der Waals surface area contributed by atoms with Crippen molar-refractivity contribution in [3.05, 3.63) is 0 Å². The quantitative estimate of drug-likeness (QED) is 0.796. The number of amides is 1. The van der Waals surface area contributed by atoms with Crippen molar-refractivity contribution in [2.24, 2.45) is 17.8 Å². The van der Waals surface area contributed by atoms with Gasteiger partial charge in [-0.2, -0.15) is 0 Å². The van der Waals surface area contributed by atoms with Gasteiger partial charge >= 0.3 is 5.97 Å². The van der Waals surface area contributed by atoms with Crippen LogP contribution in [0.15, 0.2) is 0 Å². The highest BCUT2D eigenvalue weighted by atomic mass is 16.4. The molecule has 0 aromatic rings. The minimum Gasteiger partial charge on any atom is -0.481 e. The number of aliphatic carboxylic acids is 1. The van der Waals surface area contributed by atoms with E-state index in [1.807, 2.05) is 7.05 Å². The summed E-state index contributed by atoms with van der Waals surface area (Å²) in [5.41, 5.74) is 0. The molecule has 2 aliphatic rings. The Morgan fingerprint density at radius 3 is 2.37 bits per heavy atom. The molecule has 0 radical (unpaired) electrons. The normalized spacial score (nSPS) is 32.2. The van der Waals surface area contributed by atoms with Crippen LogP contribution < -0.4 is 5.32 Å². The first-order valence-electron chi connectivity index (χ1n) is 7.25. The third-order valence-corrected chi connectivity index (χ3v) is 4.52. The zero-order chi connectivity index (χ0) is 13.8. The maximum atomic E-state index is 12.0. The summed E-state index contributed by atoms with van der Waals surface area (Å²) in [7, 11) is 2.04. The maximum Gasteiger partial charge on any atom is 0.306 e. The summed E-state index contributed by atoms with van der Waals surface area (Å²) in [6.07, 6.45) is 4.29. The van der Waals surface area contributed by atoms with Crippen molar-refractivity contribution in [3.63, 3.8) is 0 Å². The topological polar surface area (TPSA) is 69.6 Å². The van der Waals surface area contributed by atoms with Crippen molar-refractivity contribution in [2.75, 3.05) is 26.7 Å². The smallest absolute Gasteiger partial charge is 0.306 e. The second-order valence-electron chi connectivity index (χ2n) is 6.05. The first-order chi connectivity index (χ1) is 9.06. The predicted molar refractivity (Wildman–Crippen MR) is 71.7 cm³/mol. The van der Waals surface area contributed by atoms with Gasteiger partial charge in [0.1, 0.15) is 0 Å². The molecule has 0 aromatic carbocycles. The molecule has 1 amide bonds. The Morgan fingerprint density at radius 1 is 1.16 bits per heavy atom. The van der Waals surface area contributed by atoms with Crippen LogP contribution in [0.2, 0.25) is 0 Å². The highest BCUT2D eigenvalue weighted by Gasteiger charge is 2.28. The Labute approximate surface area is 114 Å². The Morgan fingerprint density at radius 2 is 1.84 bits per heavy atom. The number of carboxylic acids is 1. The van der Waals surface area contributed by atoms with Gasteiger partial charge in [-0.15, -0.1) is 0 Å². The number of carbonyl (C=O) groups excluding carboxylic acids is 1. The van der Waals surface area contributed by atoms with Crippen LogP contribution in [0.5, 0.6) is 0 Å². The van der Waals surface area contributed by atoms with Crippen LogP contribution in [0.1, 0.15) is 32.1 Å². The van der Waals surface area contributed by atoms with E-state index in [4.69, 9.17) is 5.11 Å². The standard InChI is InChI=1S/C14H24N2O3/c1-16-7-6-12(9-16)13(17)15-8-10-2-4-11(5-3-10)14(18)19/h10-12H,2-9H2,1H3,(H,15,17)(H,18,19). The second kappa shape index (κ2) is 6.37. The van der Waals surface area contributed by atoms with Crippen molar-refractivity contribution in [2.45, 2.75) is 32.1 Å². The van der Waals surface area contributed by atoms with Crippen LogP contribution in [0.3, 0.4) is 0 Å². The highest BCUT2D eigenvalue weighted by Crippen LogP contribution is 2.28. The van der Waals surface area contributed by atoms with Crippen molar-refractivity contribution in [3.8, 4) is 0 Å². The van der Waals surface area contributed by atoms with E-state index in [-0.39, 0.29) is 17.7 Å². The third kappa shape index (κ3) is 3.93. The number of nitrogens with one attached hydrogen (secondary N) is 1. The maximum absolute atomic E-state index is 12.0. The number of rotatable bonds is 4. The lowest BCUT2D eigenvalue weighted by molar-refractivity contribution is -0.143. The van der Waals surface area contributed by atoms with Gasteiger partial charge in [0.2, 0.25) is 5.91 Å². The largest absolute Gasteiger partial charge is 0.481 e. The Balaban J connectivity index is 1.66. The van der Waals surface area contributed by atoms with E-state index in [1.165, 1.54) is 0 Å². The summed E-state index contributed by atoms with van der Waals surface area (Å²) in [4.78, 5) is 25.0. The summed E-state index contributed by atoms with van der Waals surface area (Å²) >= 11 is 0. The second-order valence-corrected chi connectivity index (χ2v) is 6.05. The van der Waals surface area contributed by atoms with Gasteiger partial charge in [-0.25, -0.2) is 0 Å².